The normalized spacial score (nSPS) is 12.7. The number of nitrogens with zero attached hydrogens (tertiary/aromatic N) is 1. The number of carbonyl (C=O) groups excluding carboxylic acids is 1. The molecular formula is C22H28BrNOS. The zero-order chi connectivity index (χ0) is 19.2. The average Bonchev–Trinajstić information content (AvgIpc) is 2.61. The van der Waals surface area contributed by atoms with Crippen LogP contribution in [0.15, 0.2) is 64.0 Å². The van der Waals surface area contributed by atoms with E-state index in [2.05, 4.69) is 64.2 Å². The molecule has 0 heterocycles. The van der Waals surface area contributed by atoms with Gasteiger partial charge in [0.1, 0.15) is 0 Å². The molecule has 140 valence electrons. The third-order valence-corrected chi connectivity index (χ3v) is 6.28. The summed E-state index contributed by atoms with van der Waals surface area (Å²) in [6.45, 7) is 8.88. The van der Waals surface area contributed by atoms with Crippen LogP contribution >= 0.6 is 27.7 Å². The largest absolute Gasteiger partial charge is 0.338 e. The number of benzene rings is 2. The van der Waals surface area contributed by atoms with Gasteiger partial charge in [-0.25, -0.2) is 0 Å². The summed E-state index contributed by atoms with van der Waals surface area (Å²) < 4.78 is 1.11. The molecule has 0 fully saturated rings. The van der Waals surface area contributed by atoms with Gasteiger partial charge in [0.05, 0.1) is 0 Å². The summed E-state index contributed by atoms with van der Waals surface area (Å²) in [5.41, 5.74) is 0.863. The third kappa shape index (κ3) is 6.17. The van der Waals surface area contributed by atoms with Crippen molar-refractivity contribution in [3.8, 4) is 0 Å². The molecule has 0 radical (unpaired) electrons. The quantitative estimate of drug-likeness (QED) is 0.495. The van der Waals surface area contributed by atoms with Crippen LogP contribution in [-0.4, -0.2) is 29.1 Å². The molecule has 2 nitrogen and oxygen atoms in total. The van der Waals surface area contributed by atoms with E-state index in [1.807, 2.05) is 39.0 Å². The Balaban J connectivity index is 2.07. The summed E-state index contributed by atoms with van der Waals surface area (Å²) in [6, 6.07) is 18.8. The van der Waals surface area contributed by atoms with Crippen LogP contribution in [0.25, 0.3) is 0 Å². The van der Waals surface area contributed by atoms with Crippen molar-refractivity contribution in [3.05, 3.63) is 64.6 Å². The van der Waals surface area contributed by atoms with E-state index in [1.165, 1.54) is 10.5 Å². The number of halogens is 1. The highest BCUT2D eigenvalue weighted by Crippen LogP contribution is 2.25. The average molecular weight is 434 g/mol. The molecule has 1 amide bonds. The van der Waals surface area contributed by atoms with Gasteiger partial charge in [-0.3, -0.25) is 4.79 Å². The summed E-state index contributed by atoms with van der Waals surface area (Å²) >= 11 is 5.42. The Morgan fingerprint density at radius 3 is 2.31 bits per heavy atom. The maximum atomic E-state index is 13.0. The van der Waals surface area contributed by atoms with Gasteiger partial charge in [-0.05, 0) is 37.1 Å². The second-order valence-corrected chi connectivity index (χ2v) is 9.51. The molecule has 0 aromatic heterocycles. The van der Waals surface area contributed by atoms with Gasteiger partial charge >= 0.3 is 0 Å². The molecule has 0 spiro atoms. The summed E-state index contributed by atoms with van der Waals surface area (Å²) in [5.74, 6) is 1.10. The van der Waals surface area contributed by atoms with Gasteiger partial charge in [-0.2, -0.15) is 0 Å². The van der Waals surface area contributed by atoms with Gasteiger partial charge < -0.3 is 4.90 Å². The van der Waals surface area contributed by atoms with E-state index in [-0.39, 0.29) is 17.4 Å². The molecular weight excluding hydrogens is 406 g/mol. The predicted octanol–water partition coefficient (Wildman–Crippen LogP) is 6.05. The van der Waals surface area contributed by atoms with Crippen LogP contribution in [0, 0.1) is 5.41 Å². The maximum absolute atomic E-state index is 13.0. The van der Waals surface area contributed by atoms with Crippen LogP contribution in [-0.2, 0) is 11.2 Å². The lowest BCUT2D eigenvalue weighted by Crippen LogP contribution is -2.46. The molecule has 1 atom stereocenters. The number of carbonyl (C=O) groups is 1. The van der Waals surface area contributed by atoms with E-state index in [4.69, 9.17) is 0 Å². The molecule has 0 saturated heterocycles. The highest BCUT2D eigenvalue weighted by Gasteiger charge is 2.30. The Hall–Kier alpha value is -1.26. The minimum Gasteiger partial charge on any atom is -0.338 e. The fourth-order valence-electron chi connectivity index (χ4n) is 2.72. The van der Waals surface area contributed by atoms with Gasteiger partial charge in [0.2, 0.25) is 5.91 Å². The van der Waals surface area contributed by atoms with E-state index < -0.39 is 0 Å². The fourth-order valence-corrected chi connectivity index (χ4v) is 4.16. The van der Waals surface area contributed by atoms with Crippen LogP contribution in [0.1, 0.15) is 33.3 Å². The summed E-state index contributed by atoms with van der Waals surface area (Å²) in [7, 11) is 0. The first-order valence-electron chi connectivity index (χ1n) is 9.01. The van der Waals surface area contributed by atoms with E-state index in [0.717, 1.165) is 23.2 Å². The Labute approximate surface area is 170 Å². The lowest BCUT2D eigenvalue weighted by Gasteiger charge is -2.34. The van der Waals surface area contributed by atoms with E-state index >= 15 is 0 Å². The zero-order valence-corrected chi connectivity index (χ0v) is 18.4. The lowest BCUT2D eigenvalue weighted by molar-refractivity contribution is -0.141. The molecule has 0 saturated carbocycles. The first kappa shape index (κ1) is 21.0. The van der Waals surface area contributed by atoms with E-state index in [9.17, 15) is 4.79 Å². The summed E-state index contributed by atoms with van der Waals surface area (Å²) in [6.07, 6.45) is 0.851. The fraction of sp³-hybridized carbons (Fsp3) is 0.409. The van der Waals surface area contributed by atoms with E-state index in [1.54, 1.807) is 11.8 Å². The monoisotopic (exact) mass is 433 g/mol. The molecule has 2 aromatic rings. The van der Waals surface area contributed by atoms with Gasteiger partial charge in [0, 0.05) is 33.1 Å². The minimum atomic E-state index is -0.375. The smallest absolute Gasteiger partial charge is 0.228 e. The van der Waals surface area contributed by atoms with Crippen molar-refractivity contribution < 1.29 is 4.79 Å². The van der Waals surface area contributed by atoms with Crippen molar-refractivity contribution >= 4 is 33.6 Å². The second-order valence-electron chi connectivity index (χ2n) is 7.56. The molecule has 4 heteroatoms. The first-order chi connectivity index (χ1) is 12.3. The summed E-state index contributed by atoms with van der Waals surface area (Å²) in [4.78, 5) is 16.3. The van der Waals surface area contributed by atoms with Gasteiger partial charge in [0.25, 0.3) is 0 Å². The Kier molecular flexibility index (Phi) is 7.78. The maximum Gasteiger partial charge on any atom is 0.228 e. The molecule has 0 aliphatic heterocycles. The van der Waals surface area contributed by atoms with Gasteiger partial charge in [-0.1, -0.05) is 73.1 Å². The second kappa shape index (κ2) is 9.61. The van der Waals surface area contributed by atoms with Crippen LogP contribution in [0.5, 0.6) is 0 Å². The van der Waals surface area contributed by atoms with Crippen molar-refractivity contribution in [3.63, 3.8) is 0 Å². The summed E-state index contributed by atoms with van der Waals surface area (Å²) in [5, 5.41) is 0. The number of amides is 1. The van der Waals surface area contributed by atoms with Gasteiger partial charge in [0.15, 0.2) is 0 Å². The van der Waals surface area contributed by atoms with Crippen LogP contribution < -0.4 is 0 Å². The van der Waals surface area contributed by atoms with Crippen molar-refractivity contribution in [1.82, 2.24) is 4.90 Å². The lowest BCUT2D eigenvalue weighted by atomic mass is 9.93. The zero-order valence-electron chi connectivity index (χ0n) is 16.0. The molecule has 0 aliphatic carbocycles. The van der Waals surface area contributed by atoms with Crippen LogP contribution in [0.3, 0.4) is 0 Å². The van der Waals surface area contributed by atoms with Crippen LogP contribution in [0.2, 0.25) is 0 Å². The molecule has 2 rings (SSSR count). The third-order valence-electron chi connectivity index (χ3n) is 4.25. The number of hydrogen-bond acceptors (Lipinski definition) is 2. The number of hydrogen-bond donors (Lipinski definition) is 0. The predicted molar refractivity (Wildman–Crippen MR) is 116 cm³/mol. The van der Waals surface area contributed by atoms with Crippen molar-refractivity contribution in [2.75, 3.05) is 12.3 Å². The first-order valence-corrected chi connectivity index (χ1v) is 10.8. The Morgan fingerprint density at radius 1 is 1.08 bits per heavy atom. The standard InChI is InChI=1S/C22H28BrNOS/c1-17(16-26-19-11-6-5-7-12-19)24(21(25)22(2,3)4)15-14-18-10-8-9-13-20(18)23/h5-13,17H,14-16H2,1-4H3. The van der Waals surface area contributed by atoms with Crippen molar-refractivity contribution in [2.45, 2.75) is 45.1 Å². The van der Waals surface area contributed by atoms with Crippen molar-refractivity contribution in [1.29, 1.82) is 0 Å². The molecule has 0 N–H and O–H groups in total. The topological polar surface area (TPSA) is 20.3 Å². The van der Waals surface area contributed by atoms with Crippen LogP contribution in [0.4, 0.5) is 0 Å². The van der Waals surface area contributed by atoms with Gasteiger partial charge in [-0.15, -0.1) is 11.8 Å². The number of rotatable bonds is 7. The molecule has 0 bridgehead atoms. The molecule has 1 unspecified atom stereocenters. The highest BCUT2D eigenvalue weighted by atomic mass is 79.9. The Morgan fingerprint density at radius 2 is 1.69 bits per heavy atom. The SMILES string of the molecule is CC(CSc1ccccc1)N(CCc1ccccc1Br)C(=O)C(C)(C)C. The van der Waals surface area contributed by atoms with E-state index in [0.29, 0.717) is 0 Å². The molecule has 26 heavy (non-hydrogen) atoms. The molecule has 0 aliphatic rings. The minimum absolute atomic E-state index is 0.175. The van der Waals surface area contributed by atoms with Crippen molar-refractivity contribution in [2.24, 2.45) is 5.41 Å². The Bertz CT molecular complexity index is 712. The molecule has 2 aromatic carbocycles. The number of thioether (sulfide) groups is 1. The highest BCUT2D eigenvalue weighted by molar-refractivity contribution is 9.10.